The number of rotatable bonds is 5. The van der Waals surface area contributed by atoms with Gasteiger partial charge in [-0.3, -0.25) is 14.3 Å². The van der Waals surface area contributed by atoms with Gasteiger partial charge in [0.1, 0.15) is 0 Å². The minimum atomic E-state index is -3.98. The molecule has 29 heavy (non-hydrogen) atoms. The summed E-state index contributed by atoms with van der Waals surface area (Å²) < 4.78 is 53.0. The molecular formula is C19H20N2O6S2. The van der Waals surface area contributed by atoms with Crippen molar-refractivity contribution in [2.45, 2.75) is 25.7 Å². The Kier molecular flexibility index (Phi) is 5.04. The molecule has 0 bridgehead atoms. The summed E-state index contributed by atoms with van der Waals surface area (Å²) in [4.78, 5) is 23.8. The van der Waals surface area contributed by atoms with E-state index in [0.29, 0.717) is 9.87 Å². The van der Waals surface area contributed by atoms with E-state index in [1.54, 1.807) is 26.0 Å². The van der Waals surface area contributed by atoms with Crippen LogP contribution in [0.3, 0.4) is 0 Å². The summed E-state index contributed by atoms with van der Waals surface area (Å²) in [6.07, 6.45) is 0. The number of amides is 1. The summed E-state index contributed by atoms with van der Waals surface area (Å²) in [5.41, 5.74) is -0.382. The van der Waals surface area contributed by atoms with Crippen molar-refractivity contribution in [2.75, 3.05) is 14.8 Å². The van der Waals surface area contributed by atoms with E-state index in [0.717, 1.165) is 0 Å². The van der Waals surface area contributed by atoms with E-state index in [2.05, 4.69) is 4.72 Å². The van der Waals surface area contributed by atoms with Crippen LogP contribution in [0.4, 0.5) is 11.4 Å². The number of anilines is 2. The summed E-state index contributed by atoms with van der Waals surface area (Å²) in [7, 11) is -7.80. The zero-order valence-corrected chi connectivity index (χ0v) is 17.7. The fourth-order valence-corrected chi connectivity index (χ4v) is 6.19. The first kappa shape index (κ1) is 21.0. The van der Waals surface area contributed by atoms with Gasteiger partial charge < -0.3 is 0 Å². The molecule has 3 rings (SSSR count). The van der Waals surface area contributed by atoms with Crippen LogP contribution in [0.2, 0.25) is 0 Å². The minimum Gasteiger partial charge on any atom is -0.295 e. The normalized spacial score (nSPS) is 17.9. The van der Waals surface area contributed by atoms with E-state index in [9.17, 15) is 26.4 Å². The molecule has 0 radical (unpaired) electrons. The number of hydrogen-bond acceptors (Lipinski definition) is 6. The molecular weight excluding hydrogens is 416 g/mol. The van der Waals surface area contributed by atoms with Crippen LogP contribution >= 0.6 is 0 Å². The van der Waals surface area contributed by atoms with Crippen molar-refractivity contribution in [3.63, 3.8) is 0 Å². The van der Waals surface area contributed by atoms with Gasteiger partial charge in [0.05, 0.1) is 21.8 Å². The molecule has 2 aromatic carbocycles. The van der Waals surface area contributed by atoms with E-state index < -0.39 is 31.4 Å². The Morgan fingerprint density at radius 2 is 1.72 bits per heavy atom. The van der Waals surface area contributed by atoms with E-state index in [1.807, 2.05) is 0 Å². The Morgan fingerprint density at radius 3 is 2.24 bits per heavy atom. The molecule has 0 atom stereocenters. The standard InChI is InChI=1S/C19H20N2O6S2/c1-13(22)14-5-4-6-15(11-14)20-29(26,27)17-9-7-16(8-10-17)21-18(23)19(2,3)12-28(21,24)25/h4-11,20H,12H2,1-3H3. The number of carbonyl (C=O) groups is 2. The van der Waals surface area contributed by atoms with Crippen LogP contribution in [-0.2, 0) is 24.8 Å². The van der Waals surface area contributed by atoms with Gasteiger partial charge in [-0.1, -0.05) is 12.1 Å². The van der Waals surface area contributed by atoms with Gasteiger partial charge in [-0.25, -0.2) is 21.1 Å². The van der Waals surface area contributed by atoms with Crippen LogP contribution in [0.1, 0.15) is 31.1 Å². The average Bonchev–Trinajstić information content (AvgIpc) is 2.77. The molecule has 0 aromatic heterocycles. The molecule has 1 fully saturated rings. The molecule has 0 spiro atoms. The predicted molar refractivity (Wildman–Crippen MR) is 109 cm³/mol. The smallest absolute Gasteiger partial charge is 0.261 e. The highest BCUT2D eigenvalue weighted by atomic mass is 32.2. The first-order valence-corrected chi connectivity index (χ1v) is 11.7. The number of Topliss-reactive ketones (excluding diaryl/α,β-unsaturated/α-hetero) is 1. The summed E-state index contributed by atoms with van der Waals surface area (Å²) in [6.45, 7) is 4.47. The summed E-state index contributed by atoms with van der Waals surface area (Å²) >= 11 is 0. The Morgan fingerprint density at radius 1 is 1.10 bits per heavy atom. The molecule has 2 aromatic rings. The third-order valence-corrected chi connectivity index (χ3v) is 7.90. The highest BCUT2D eigenvalue weighted by molar-refractivity contribution is 7.94. The number of carbonyl (C=O) groups excluding carboxylic acids is 2. The average molecular weight is 437 g/mol. The summed E-state index contributed by atoms with van der Waals surface area (Å²) in [6, 6.07) is 11.1. The van der Waals surface area contributed by atoms with Crippen molar-refractivity contribution in [3.05, 3.63) is 54.1 Å². The van der Waals surface area contributed by atoms with Crippen LogP contribution in [0.15, 0.2) is 53.4 Å². The van der Waals surface area contributed by atoms with Gasteiger partial charge in [0.25, 0.3) is 10.0 Å². The molecule has 1 N–H and O–H groups in total. The third-order valence-electron chi connectivity index (χ3n) is 4.49. The molecule has 0 unspecified atom stereocenters. The van der Waals surface area contributed by atoms with Gasteiger partial charge in [-0.15, -0.1) is 0 Å². The van der Waals surface area contributed by atoms with Gasteiger partial charge in [-0.2, -0.15) is 0 Å². The Bertz CT molecular complexity index is 1200. The van der Waals surface area contributed by atoms with Crippen molar-refractivity contribution in [1.82, 2.24) is 0 Å². The van der Waals surface area contributed by atoms with Crippen LogP contribution in [0, 0.1) is 5.41 Å². The van der Waals surface area contributed by atoms with Gasteiger partial charge in [0.15, 0.2) is 5.78 Å². The second-order valence-electron chi connectivity index (χ2n) is 7.45. The Balaban J connectivity index is 1.89. The van der Waals surface area contributed by atoms with E-state index in [-0.39, 0.29) is 27.8 Å². The van der Waals surface area contributed by atoms with E-state index in [4.69, 9.17) is 0 Å². The van der Waals surface area contributed by atoms with Gasteiger partial charge in [0, 0.05) is 11.3 Å². The topological polar surface area (TPSA) is 118 Å². The van der Waals surface area contributed by atoms with Crippen LogP contribution < -0.4 is 9.03 Å². The highest BCUT2D eigenvalue weighted by Crippen LogP contribution is 2.36. The maximum absolute atomic E-state index is 12.6. The fourth-order valence-electron chi connectivity index (χ4n) is 3.04. The number of benzene rings is 2. The quantitative estimate of drug-likeness (QED) is 0.719. The second-order valence-corrected chi connectivity index (χ2v) is 10.9. The Hall–Kier alpha value is -2.72. The summed E-state index contributed by atoms with van der Waals surface area (Å²) in [5, 5.41) is 0. The van der Waals surface area contributed by atoms with Crippen LogP contribution in [-0.4, -0.2) is 34.3 Å². The maximum Gasteiger partial charge on any atom is 0.261 e. The molecule has 1 heterocycles. The minimum absolute atomic E-state index is 0.0816. The van der Waals surface area contributed by atoms with Crippen molar-refractivity contribution < 1.29 is 26.4 Å². The van der Waals surface area contributed by atoms with Gasteiger partial charge in [-0.05, 0) is 57.2 Å². The molecule has 1 saturated heterocycles. The molecule has 1 aliphatic rings. The van der Waals surface area contributed by atoms with Gasteiger partial charge in [0.2, 0.25) is 15.9 Å². The van der Waals surface area contributed by atoms with Crippen molar-refractivity contribution >= 4 is 43.1 Å². The molecule has 8 nitrogen and oxygen atoms in total. The lowest BCUT2D eigenvalue weighted by atomic mass is 9.95. The molecule has 154 valence electrons. The van der Waals surface area contributed by atoms with Gasteiger partial charge >= 0.3 is 0 Å². The zero-order valence-electron chi connectivity index (χ0n) is 16.0. The molecule has 1 aliphatic heterocycles. The lowest BCUT2D eigenvalue weighted by molar-refractivity contribution is -0.123. The number of nitrogens with zero attached hydrogens (tertiary/aromatic N) is 1. The first-order valence-electron chi connectivity index (χ1n) is 8.65. The van der Waals surface area contributed by atoms with E-state index in [1.165, 1.54) is 43.3 Å². The van der Waals surface area contributed by atoms with Crippen LogP contribution in [0.5, 0.6) is 0 Å². The van der Waals surface area contributed by atoms with Crippen molar-refractivity contribution in [3.8, 4) is 0 Å². The van der Waals surface area contributed by atoms with Crippen molar-refractivity contribution in [2.24, 2.45) is 5.41 Å². The third kappa shape index (κ3) is 4.03. The maximum atomic E-state index is 12.6. The predicted octanol–water partition coefficient (Wildman–Crippen LogP) is 2.39. The molecule has 1 amide bonds. The van der Waals surface area contributed by atoms with Crippen LogP contribution in [0.25, 0.3) is 0 Å². The van der Waals surface area contributed by atoms with E-state index >= 15 is 0 Å². The highest BCUT2D eigenvalue weighted by Gasteiger charge is 2.49. The SMILES string of the molecule is CC(=O)c1cccc(NS(=O)(=O)c2ccc(N3C(=O)C(C)(C)CS3(=O)=O)cc2)c1. The first-order chi connectivity index (χ1) is 13.3. The fraction of sp³-hybridized carbons (Fsp3) is 0.263. The number of nitrogens with one attached hydrogen (secondary N) is 1. The lowest BCUT2D eigenvalue weighted by Crippen LogP contribution is -2.32. The van der Waals surface area contributed by atoms with Crippen molar-refractivity contribution in [1.29, 1.82) is 0 Å². The number of ketones is 1. The zero-order chi connectivity index (χ0) is 21.6. The largest absolute Gasteiger partial charge is 0.295 e. The molecule has 10 heteroatoms. The lowest BCUT2D eigenvalue weighted by Gasteiger charge is -2.17. The monoisotopic (exact) mass is 436 g/mol. The summed E-state index contributed by atoms with van der Waals surface area (Å²) in [5.74, 6) is -1.07. The molecule has 0 saturated carbocycles. The second kappa shape index (κ2) is 6.96. The Labute approximate surface area is 169 Å². The number of sulfonamides is 2. The molecule has 0 aliphatic carbocycles. The number of hydrogen-bond donors (Lipinski definition) is 1.